The summed E-state index contributed by atoms with van der Waals surface area (Å²) in [5, 5.41) is 6.01. The third kappa shape index (κ3) is 5.49. The molecule has 8 nitrogen and oxygen atoms in total. The molecule has 0 unspecified atom stereocenters. The van der Waals surface area contributed by atoms with E-state index in [4.69, 9.17) is 16.3 Å². The summed E-state index contributed by atoms with van der Waals surface area (Å²) in [5.74, 6) is -0.306. The zero-order chi connectivity index (χ0) is 26.5. The van der Waals surface area contributed by atoms with Crippen molar-refractivity contribution in [2.75, 3.05) is 17.7 Å². The van der Waals surface area contributed by atoms with E-state index in [1.54, 1.807) is 49.4 Å². The Hall–Kier alpha value is -4.56. The van der Waals surface area contributed by atoms with E-state index >= 15 is 0 Å². The van der Waals surface area contributed by atoms with Crippen LogP contribution in [0.5, 0.6) is 5.75 Å². The molecule has 4 rings (SSSR count). The molecule has 37 heavy (non-hydrogen) atoms. The highest BCUT2D eigenvalue weighted by Gasteiger charge is 2.17. The van der Waals surface area contributed by atoms with Gasteiger partial charge >= 0.3 is 0 Å². The number of hydrogen-bond acceptors (Lipinski definition) is 6. The van der Waals surface area contributed by atoms with Gasteiger partial charge in [0.2, 0.25) is 0 Å². The van der Waals surface area contributed by atoms with E-state index in [1.165, 1.54) is 19.5 Å². The summed E-state index contributed by atoms with van der Waals surface area (Å²) in [4.78, 5) is 44.8. The highest BCUT2D eigenvalue weighted by atomic mass is 35.5. The number of hydrogen-bond donors (Lipinski definition) is 2. The number of anilines is 2. The number of methoxy groups -OCH3 is 1. The van der Waals surface area contributed by atoms with Gasteiger partial charge in [0, 0.05) is 35.3 Å². The highest BCUT2D eigenvalue weighted by Crippen LogP contribution is 2.37. The van der Waals surface area contributed by atoms with Crippen LogP contribution in [0.2, 0.25) is 5.02 Å². The first kappa shape index (κ1) is 25.5. The number of rotatable bonds is 7. The molecule has 2 N–H and O–H groups in total. The van der Waals surface area contributed by atoms with Crippen molar-refractivity contribution in [3.63, 3.8) is 0 Å². The third-order valence-corrected chi connectivity index (χ3v) is 6.24. The minimum Gasteiger partial charge on any atom is -0.497 e. The average Bonchev–Trinajstić information content (AvgIpc) is 2.91. The van der Waals surface area contributed by atoms with Gasteiger partial charge in [-0.3, -0.25) is 24.4 Å². The fourth-order valence-corrected chi connectivity index (χ4v) is 4.02. The smallest absolute Gasteiger partial charge is 0.274 e. The maximum absolute atomic E-state index is 12.8. The summed E-state index contributed by atoms with van der Waals surface area (Å²) < 4.78 is 5.17. The molecule has 2 amide bonds. The van der Waals surface area contributed by atoms with Crippen LogP contribution in [0.1, 0.15) is 42.5 Å². The summed E-state index contributed by atoms with van der Waals surface area (Å²) >= 11 is 6.72. The van der Waals surface area contributed by atoms with Gasteiger partial charge in [-0.25, -0.2) is 0 Å². The summed E-state index contributed by atoms with van der Waals surface area (Å²) in [6, 6.07) is 15.5. The number of nitrogens with zero attached hydrogens (tertiary/aromatic N) is 2. The Kier molecular flexibility index (Phi) is 7.60. The normalized spacial score (nSPS) is 10.5. The number of aldehydes is 1. The fourth-order valence-electron chi connectivity index (χ4n) is 3.75. The number of aryl methyl sites for hydroxylation is 1. The van der Waals surface area contributed by atoms with Gasteiger partial charge in [-0.2, -0.15) is 0 Å². The molecule has 2 aromatic heterocycles. The largest absolute Gasteiger partial charge is 0.497 e. The quantitative estimate of drug-likeness (QED) is 0.304. The van der Waals surface area contributed by atoms with E-state index in [1.807, 2.05) is 19.1 Å². The monoisotopic (exact) mass is 514 g/mol. The molecule has 4 aromatic rings. The molecule has 0 aliphatic carbocycles. The fraction of sp³-hybridized carbons (Fsp3) is 0.107. The second-order valence-corrected chi connectivity index (χ2v) is 8.56. The number of aromatic nitrogens is 2. The van der Waals surface area contributed by atoms with Gasteiger partial charge in [0.1, 0.15) is 17.1 Å². The van der Waals surface area contributed by atoms with E-state index in [9.17, 15) is 14.4 Å². The van der Waals surface area contributed by atoms with Crippen LogP contribution in [0.25, 0.3) is 11.1 Å². The van der Waals surface area contributed by atoms with Gasteiger partial charge in [0.25, 0.3) is 11.8 Å². The van der Waals surface area contributed by atoms with Crippen LogP contribution in [0.15, 0.2) is 67.0 Å². The maximum Gasteiger partial charge on any atom is 0.274 e. The molecule has 2 aromatic carbocycles. The Bertz CT molecular complexity index is 1520. The van der Waals surface area contributed by atoms with E-state index in [-0.39, 0.29) is 17.3 Å². The highest BCUT2D eigenvalue weighted by molar-refractivity contribution is 6.36. The van der Waals surface area contributed by atoms with Crippen molar-refractivity contribution >= 4 is 41.1 Å². The summed E-state index contributed by atoms with van der Waals surface area (Å²) in [6.07, 6.45) is 3.56. The van der Waals surface area contributed by atoms with Crippen molar-refractivity contribution in [1.29, 1.82) is 0 Å². The first-order valence-corrected chi connectivity index (χ1v) is 11.6. The Balaban J connectivity index is 1.60. The Labute approximate surface area is 218 Å². The molecule has 2 heterocycles. The van der Waals surface area contributed by atoms with Crippen molar-refractivity contribution in [1.82, 2.24) is 9.97 Å². The number of amides is 2. The lowest BCUT2D eigenvalue weighted by molar-refractivity contribution is 0.101. The lowest BCUT2D eigenvalue weighted by atomic mass is 9.98. The van der Waals surface area contributed by atoms with Crippen molar-refractivity contribution in [2.24, 2.45) is 0 Å². The minimum absolute atomic E-state index is 0.164. The zero-order valence-electron chi connectivity index (χ0n) is 20.3. The van der Waals surface area contributed by atoms with Crippen LogP contribution < -0.4 is 15.4 Å². The van der Waals surface area contributed by atoms with Gasteiger partial charge < -0.3 is 15.4 Å². The van der Waals surface area contributed by atoms with Crippen LogP contribution in [0.4, 0.5) is 11.4 Å². The van der Waals surface area contributed by atoms with Gasteiger partial charge in [-0.15, -0.1) is 0 Å². The predicted molar refractivity (Wildman–Crippen MR) is 143 cm³/mol. The van der Waals surface area contributed by atoms with Crippen molar-refractivity contribution < 1.29 is 19.1 Å². The topological polar surface area (TPSA) is 110 Å². The van der Waals surface area contributed by atoms with Gasteiger partial charge in [-0.05, 0) is 54.8 Å². The second-order valence-electron chi connectivity index (χ2n) is 8.18. The molecule has 0 aliphatic rings. The Morgan fingerprint density at radius 3 is 2.22 bits per heavy atom. The van der Waals surface area contributed by atoms with Crippen LogP contribution in [0.3, 0.4) is 0 Å². The third-order valence-electron chi connectivity index (χ3n) is 5.83. The van der Waals surface area contributed by atoms with Gasteiger partial charge in [0.15, 0.2) is 6.29 Å². The number of halogens is 1. The Morgan fingerprint density at radius 2 is 1.54 bits per heavy atom. The first-order valence-electron chi connectivity index (χ1n) is 11.3. The van der Waals surface area contributed by atoms with Crippen LogP contribution in [-0.2, 0) is 0 Å². The van der Waals surface area contributed by atoms with Crippen LogP contribution in [-0.4, -0.2) is 35.2 Å². The summed E-state index contributed by atoms with van der Waals surface area (Å²) in [5.41, 5.74) is 4.68. The predicted octanol–water partition coefficient (Wildman–Crippen LogP) is 5.74. The van der Waals surface area contributed by atoms with E-state index in [0.717, 1.165) is 11.1 Å². The molecule has 0 spiro atoms. The first-order chi connectivity index (χ1) is 17.8. The average molecular weight is 515 g/mol. The van der Waals surface area contributed by atoms with E-state index in [0.29, 0.717) is 45.1 Å². The van der Waals surface area contributed by atoms with Crippen molar-refractivity contribution in [3.8, 4) is 16.9 Å². The van der Waals surface area contributed by atoms with Crippen LogP contribution >= 0.6 is 11.6 Å². The maximum atomic E-state index is 12.8. The summed E-state index contributed by atoms with van der Waals surface area (Å²) in [7, 11) is 1.52. The lowest BCUT2D eigenvalue weighted by Crippen LogP contribution is -2.15. The molecular weight excluding hydrogens is 492 g/mol. The molecule has 0 atom stereocenters. The molecule has 9 heteroatoms. The number of benzene rings is 2. The molecule has 0 saturated heterocycles. The second kappa shape index (κ2) is 11.0. The lowest BCUT2D eigenvalue weighted by Gasteiger charge is -2.16. The summed E-state index contributed by atoms with van der Waals surface area (Å²) in [6.45, 7) is 3.60. The van der Waals surface area contributed by atoms with Crippen LogP contribution in [0, 0.1) is 13.8 Å². The Morgan fingerprint density at radius 1 is 0.892 bits per heavy atom. The molecule has 0 aliphatic heterocycles. The van der Waals surface area contributed by atoms with E-state index < -0.39 is 5.91 Å². The van der Waals surface area contributed by atoms with Crippen molar-refractivity contribution in [2.45, 2.75) is 13.8 Å². The molecule has 0 fully saturated rings. The van der Waals surface area contributed by atoms with Crippen molar-refractivity contribution in [3.05, 3.63) is 100 Å². The minimum atomic E-state index is -0.455. The number of ether oxygens (including phenoxy) is 1. The van der Waals surface area contributed by atoms with E-state index in [2.05, 4.69) is 20.6 Å². The zero-order valence-corrected chi connectivity index (χ0v) is 21.1. The number of carbonyl (C=O) groups excluding carboxylic acids is 3. The molecule has 0 radical (unpaired) electrons. The molecule has 186 valence electrons. The van der Waals surface area contributed by atoms with Gasteiger partial charge in [-0.1, -0.05) is 35.9 Å². The molecule has 0 saturated carbocycles. The number of carbonyl (C=O) groups is 3. The SMILES string of the molecule is COc1ccnc(C(=O)Nc2cccc(-c3cccc(NC(=O)c4cc(C)c(C=O)cn4)c3Cl)c2C)c1. The number of nitrogens with one attached hydrogen (secondary N) is 2. The van der Waals surface area contributed by atoms with Gasteiger partial charge in [0.05, 0.1) is 17.8 Å². The molecule has 0 bridgehead atoms. The standard InChI is InChI=1S/C28H23ClN4O4/c1-16-12-24(31-14-18(16)15-34)27(35)33-23-9-5-7-21(26(23)29)20-6-4-8-22(17(20)2)32-28(36)25-13-19(37-3)10-11-30-25/h4-15H,1-3H3,(H,32,36)(H,33,35). The number of pyridine rings is 2. The molecular formula is C28H23ClN4O4.